The third kappa shape index (κ3) is 2.99. The lowest BCUT2D eigenvalue weighted by atomic mass is 9.95. The van der Waals surface area contributed by atoms with Crippen LogP contribution in [0.1, 0.15) is 20.8 Å². The van der Waals surface area contributed by atoms with Gasteiger partial charge in [-0.15, -0.1) is 0 Å². The summed E-state index contributed by atoms with van der Waals surface area (Å²) in [5.74, 6) is 0. The van der Waals surface area contributed by atoms with E-state index in [0.29, 0.717) is 17.6 Å². The van der Waals surface area contributed by atoms with Crippen molar-refractivity contribution in [2.75, 3.05) is 46.4 Å². The number of hydrogen-bond acceptors (Lipinski definition) is 4. The van der Waals surface area contributed by atoms with Crippen molar-refractivity contribution >= 4 is 0 Å². The van der Waals surface area contributed by atoms with Gasteiger partial charge in [-0.05, 0) is 20.8 Å². The van der Waals surface area contributed by atoms with E-state index in [0.717, 1.165) is 13.2 Å². The van der Waals surface area contributed by atoms with Gasteiger partial charge < -0.3 is 10.1 Å². The number of nitrogens with zero attached hydrogens (tertiary/aromatic N) is 2. The molecule has 0 bridgehead atoms. The molecule has 0 radical (unpaired) electrons. The van der Waals surface area contributed by atoms with E-state index in [2.05, 4.69) is 35.9 Å². The predicted octanol–water partition coefficient (Wildman–Crippen LogP) is 0.389. The lowest BCUT2D eigenvalue weighted by molar-refractivity contribution is 0.0398. The van der Waals surface area contributed by atoms with Crippen molar-refractivity contribution < 1.29 is 4.74 Å². The first-order valence-electron chi connectivity index (χ1n) is 6.78. The van der Waals surface area contributed by atoms with Crippen LogP contribution in [-0.2, 0) is 4.74 Å². The van der Waals surface area contributed by atoms with Crippen LogP contribution in [0.3, 0.4) is 0 Å². The van der Waals surface area contributed by atoms with E-state index >= 15 is 0 Å². The van der Waals surface area contributed by atoms with E-state index in [1.54, 1.807) is 7.11 Å². The largest absolute Gasteiger partial charge is 0.383 e. The van der Waals surface area contributed by atoms with Crippen LogP contribution in [0.4, 0.5) is 0 Å². The van der Waals surface area contributed by atoms with Crippen molar-refractivity contribution in [1.82, 2.24) is 15.1 Å². The first-order valence-corrected chi connectivity index (χ1v) is 6.78. The number of rotatable bonds is 5. The minimum absolute atomic E-state index is 0.298. The Morgan fingerprint density at radius 3 is 2.29 bits per heavy atom. The minimum Gasteiger partial charge on any atom is -0.383 e. The third-order valence-corrected chi connectivity index (χ3v) is 4.39. The monoisotopic (exact) mass is 241 g/mol. The van der Waals surface area contributed by atoms with Gasteiger partial charge in [-0.1, -0.05) is 0 Å². The summed E-state index contributed by atoms with van der Waals surface area (Å²) in [6.07, 6.45) is 0. The highest BCUT2D eigenvalue weighted by Gasteiger charge is 2.47. The molecule has 17 heavy (non-hydrogen) atoms. The average Bonchev–Trinajstić information content (AvgIpc) is 3.05. The zero-order chi connectivity index (χ0) is 12.5. The summed E-state index contributed by atoms with van der Waals surface area (Å²) >= 11 is 0. The van der Waals surface area contributed by atoms with Gasteiger partial charge in [-0.25, -0.2) is 0 Å². The Bertz CT molecular complexity index is 249. The first-order chi connectivity index (χ1) is 8.05. The van der Waals surface area contributed by atoms with E-state index in [1.807, 2.05) is 0 Å². The smallest absolute Gasteiger partial charge is 0.0589 e. The molecule has 2 fully saturated rings. The summed E-state index contributed by atoms with van der Waals surface area (Å²) in [5, 5.41) is 3.54. The second-order valence-corrected chi connectivity index (χ2v) is 5.91. The molecule has 100 valence electrons. The average molecular weight is 241 g/mol. The predicted molar refractivity (Wildman–Crippen MR) is 70.4 cm³/mol. The highest BCUT2D eigenvalue weighted by Crippen LogP contribution is 2.30. The molecule has 0 saturated carbocycles. The second kappa shape index (κ2) is 5.22. The molecule has 4 nitrogen and oxygen atoms in total. The fraction of sp³-hybridized carbons (Fsp3) is 1.00. The van der Waals surface area contributed by atoms with Crippen LogP contribution in [0, 0.1) is 0 Å². The van der Waals surface area contributed by atoms with Crippen molar-refractivity contribution in [3.8, 4) is 0 Å². The number of nitrogens with one attached hydrogen (secondary N) is 1. The highest BCUT2D eigenvalue weighted by molar-refractivity contribution is 5.09. The highest BCUT2D eigenvalue weighted by atomic mass is 16.5. The van der Waals surface area contributed by atoms with Crippen LogP contribution in [-0.4, -0.2) is 73.9 Å². The summed E-state index contributed by atoms with van der Waals surface area (Å²) in [4.78, 5) is 5.14. The number of methoxy groups -OCH3 is 1. The minimum atomic E-state index is 0.298. The van der Waals surface area contributed by atoms with Gasteiger partial charge in [0.2, 0.25) is 0 Å². The van der Waals surface area contributed by atoms with Crippen LogP contribution < -0.4 is 5.32 Å². The molecule has 2 heterocycles. The molecular formula is C13H27N3O. The maximum atomic E-state index is 5.14. The maximum Gasteiger partial charge on any atom is 0.0589 e. The number of ether oxygens (including phenoxy) is 1. The summed E-state index contributed by atoms with van der Waals surface area (Å²) in [5.41, 5.74) is 0.298. The van der Waals surface area contributed by atoms with Crippen molar-refractivity contribution in [1.29, 1.82) is 0 Å². The molecular weight excluding hydrogens is 214 g/mol. The fourth-order valence-electron chi connectivity index (χ4n) is 3.01. The maximum absolute atomic E-state index is 5.14. The molecule has 0 amide bonds. The molecule has 2 saturated heterocycles. The Hall–Kier alpha value is -0.160. The Labute approximate surface area is 105 Å². The lowest BCUT2D eigenvalue weighted by Gasteiger charge is -2.44. The van der Waals surface area contributed by atoms with Gasteiger partial charge in [0, 0.05) is 57.5 Å². The van der Waals surface area contributed by atoms with Crippen molar-refractivity contribution in [2.45, 2.75) is 38.4 Å². The van der Waals surface area contributed by atoms with Crippen molar-refractivity contribution in [2.24, 2.45) is 0 Å². The number of piperazine rings is 1. The molecule has 2 rings (SSSR count). The third-order valence-electron chi connectivity index (χ3n) is 4.39. The molecule has 2 aliphatic rings. The first kappa shape index (κ1) is 13.3. The van der Waals surface area contributed by atoms with Crippen LogP contribution >= 0.6 is 0 Å². The zero-order valence-electron chi connectivity index (χ0n) is 11.7. The van der Waals surface area contributed by atoms with Gasteiger partial charge in [0.05, 0.1) is 6.61 Å². The summed E-state index contributed by atoms with van der Waals surface area (Å²) in [7, 11) is 1.78. The molecule has 2 aliphatic heterocycles. The topological polar surface area (TPSA) is 37.7 Å². The SMILES string of the molecule is COCCN1CCN(C(C)(C)C2NC2C)CC1. The van der Waals surface area contributed by atoms with Gasteiger partial charge in [-0.3, -0.25) is 9.80 Å². The van der Waals surface area contributed by atoms with Crippen molar-refractivity contribution in [3.63, 3.8) is 0 Å². The molecule has 0 aliphatic carbocycles. The Morgan fingerprint density at radius 1 is 1.24 bits per heavy atom. The van der Waals surface area contributed by atoms with Gasteiger partial charge in [0.1, 0.15) is 0 Å². The van der Waals surface area contributed by atoms with E-state index in [9.17, 15) is 0 Å². The van der Waals surface area contributed by atoms with Gasteiger partial charge >= 0.3 is 0 Å². The standard InChI is InChI=1S/C13H27N3O/c1-11-12(14-11)13(2,3)16-7-5-15(6-8-16)9-10-17-4/h11-12,14H,5-10H2,1-4H3. The molecule has 0 aromatic rings. The summed E-state index contributed by atoms with van der Waals surface area (Å²) < 4.78 is 5.14. The zero-order valence-corrected chi connectivity index (χ0v) is 11.7. The van der Waals surface area contributed by atoms with E-state index in [4.69, 9.17) is 4.74 Å². The second-order valence-electron chi connectivity index (χ2n) is 5.91. The molecule has 1 N–H and O–H groups in total. The Balaban J connectivity index is 1.78. The van der Waals surface area contributed by atoms with Gasteiger partial charge in [0.15, 0.2) is 0 Å². The van der Waals surface area contributed by atoms with E-state index in [1.165, 1.54) is 26.2 Å². The van der Waals surface area contributed by atoms with E-state index in [-0.39, 0.29) is 0 Å². The molecule has 0 spiro atoms. The summed E-state index contributed by atoms with van der Waals surface area (Å²) in [6, 6.07) is 1.37. The normalized spacial score (nSPS) is 31.8. The van der Waals surface area contributed by atoms with Crippen LogP contribution in [0.25, 0.3) is 0 Å². The fourth-order valence-corrected chi connectivity index (χ4v) is 3.01. The molecule has 4 heteroatoms. The van der Waals surface area contributed by atoms with Crippen LogP contribution in [0.5, 0.6) is 0 Å². The molecule has 2 unspecified atom stereocenters. The molecule has 0 aromatic carbocycles. The van der Waals surface area contributed by atoms with Crippen molar-refractivity contribution in [3.05, 3.63) is 0 Å². The van der Waals surface area contributed by atoms with Crippen LogP contribution in [0.2, 0.25) is 0 Å². The molecule has 2 atom stereocenters. The van der Waals surface area contributed by atoms with E-state index < -0.39 is 0 Å². The quantitative estimate of drug-likeness (QED) is 0.707. The number of hydrogen-bond donors (Lipinski definition) is 1. The summed E-state index contributed by atoms with van der Waals surface area (Å²) in [6.45, 7) is 13.7. The van der Waals surface area contributed by atoms with Gasteiger partial charge in [0.25, 0.3) is 0 Å². The lowest BCUT2D eigenvalue weighted by Crippen LogP contribution is -2.57. The van der Waals surface area contributed by atoms with Crippen LogP contribution in [0.15, 0.2) is 0 Å². The van der Waals surface area contributed by atoms with Gasteiger partial charge in [-0.2, -0.15) is 0 Å². The Morgan fingerprint density at radius 2 is 1.82 bits per heavy atom. The Kier molecular flexibility index (Phi) is 4.08. The molecule has 0 aromatic heterocycles.